The molecule has 0 radical (unpaired) electrons. The lowest BCUT2D eigenvalue weighted by molar-refractivity contribution is -0.250. The van der Waals surface area contributed by atoms with E-state index in [1.807, 2.05) is 13.8 Å². The number of β-amino-alcohol motifs (C(OH)–C–C–N with tert-alkyl or cyclic N) is 1. The molecular weight excluding hydrogens is 594 g/mol. The van der Waals surface area contributed by atoms with Crippen molar-refractivity contribution in [3.05, 3.63) is 0 Å². The van der Waals surface area contributed by atoms with Gasteiger partial charge in [0.15, 0.2) is 6.29 Å². The van der Waals surface area contributed by atoms with Crippen molar-refractivity contribution in [2.75, 3.05) is 33.4 Å². The topological polar surface area (TPSA) is 112 Å². The average molecular weight is 664 g/mol. The second-order valence-electron chi connectivity index (χ2n) is 19.6. The van der Waals surface area contributed by atoms with Gasteiger partial charge in [0.2, 0.25) is 0 Å². The van der Waals surface area contributed by atoms with E-state index in [-0.39, 0.29) is 40.7 Å². The fourth-order valence-corrected chi connectivity index (χ4v) is 13.5. The number of hydrogen-bond acceptors (Lipinski definition) is 8. The summed E-state index contributed by atoms with van der Waals surface area (Å²) < 4.78 is 18.7. The van der Waals surface area contributed by atoms with Gasteiger partial charge >= 0.3 is 0 Å². The molecule has 5 saturated carbocycles. The maximum atomic E-state index is 12.1. The number of fused-ring (bicyclic) bond motifs is 2. The van der Waals surface area contributed by atoms with Gasteiger partial charge in [0.1, 0.15) is 6.10 Å². The van der Waals surface area contributed by atoms with Crippen molar-refractivity contribution >= 4 is 0 Å². The Morgan fingerprint density at radius 1 is 0.957 bits per heavy atom. The molecule has 47 heavy (non-hydrogen) atoms. The smallest absolute Gasteiger partial charge is 0.170 e. The van der Waals surface area contributed by atoms with E-state index in [1.54, 1.807) is 21.0 Å². The van der Waals surface area contributed by atoms with Crippen molar-refractivity contribution in [1.82, 2.24) is 4.90 Å². The van der Waals surface area contributed by atoms with Gasteiger partial charge < -0.3 is 34.6 Å². The second-order valence-corrected chi connectivity index (χ2v) is 19.6. The first-order valence-electron chi connectivity index (χ1n) is 19.0. The maximum absolute atomic E-state index is 12.1. The number of hydrogen-bond donors (Lipinski definition) is 4. The quantitative estimate of drug-likeness (QED) is 0.247. The van der Waals surface area contributed by atoms with Crippen LogP contribution in [0, 0.1) is 50.7 Å². The van der Waals surface area contributed by atoms with Crippen LogP contribution in [0.5, 0.6) is 0 Å². The summed E-state index contributed by atoms with van der Waals surface area (Å²) in [5, 5.41) is 43.9. The largest absolute Gasteiger partial charge is 0.393 e. The first-order valence-corrected chi connectivity index (χ1v) is 19.0. The molecule has 1 heterocycles. The lowest BCUT2D eigenvalue weighted by Crippen LogP contribution is -2.60. The van der Waals surface area contributed by atoms with Crippen LogP contribution in [0.1, 0.15) is 120 Å². The predicted octanol–water partition coefficient (Wildman–Crippen LogP) is 5.38. The van der Waals surface area contributed by atoms with Crippen molar-refractivity contribution < 1.29 is 34.6 Å². The molecule has 0 aromatic rings. The van der Waals surface area contributed by atoms with Crippen LogP contribution < -0.4 is 0 Å². The zero-order valence-corrected chi connectivity index (χ0v) is 31.3. The molecule has 0 aromatic heterocycles. The summed E-state index contributed by atoms with van der Waals surface area (Å²) in [5.41, 5.74) is -1.41. The Morgan fingerprint density at radius 2 is 1.62 bits per heavy atom. The van der Waals surface area contributed by atoms with Gasteiger partial charge in [-0.3, -0.25) is 4.90 Å². The monoisotopic (exact) mass is 664 g/mol. The summed E-state index contributed by atoms with van der Waals surface area (Å²) >= 11 is 0. The summed E-state index contributed by atoms with van der Waals surface area (Å²) in [6, 6.07) is 0. The molecule has 13 atom stereocenters. The van der Waals surface area contributed by atoms with E-state index in [0.717, 1.165) is 25.8 Å². The summed E-state index contributed by atoms with van der Waals surface area (Å²) in [7, 11) is 1.63. The molecule has 0 aromatic carbocycles. The molecule has 8 nitrogen and oxygen atoms in total. The van der Waals surface area contributed by atoms with Gasteiger partial charge in [0, 0.05) is 32.2 Å². The van der Waals surface area contributed by atoms with E-state index in [1.165, 1.54) is 32.1 Å². The highest BCUT2D eigenvalue weighted by Crippen LogP contribution is 2.89. The molecule has 5 aliphatic carbocycles. The molecule has 1 aliphatic heterocycles. The lowest BCUT2D eigenvalue weighted by Gasteiger charge is -2.64. The molecule has 6 aliphatic rings. The predicted molar refractivity (Wildman–Crippen MR) is 183 cm³/mol. The standard InChI is InChI=1S/C39H69NO7/c1-24(19-26(45-10)32(42)35(6,7)44)25-20-29(41)37(9)28-12-11-27-34(4,5)30(47-31-21-40(17-18-46-31)23-33(2,3)43)13-14-38(27)22-39(28,38)16-15-36(25,37)8/h24-32,41-44H,11-23H2,1-10H3/t24-,25?,26?,27+,28?,29+,30?,31?,32?,36?,37-,38?,39?/m1/s1. The lowest BCUT2D eigenvalue weighted by atomic mass is 9.41. The van der Waals surface area contributed by atoms with Crippen molar-refractivity contribution in [2.24, 2.45) is 50.7 Å². The van der Waals surface area contributed by atoms with Gasteiger partial charge in [0.25, 0.3) is 0 Å². The van der Waals surface area contributed by atoms with Crippen LogP contribution in [0.15, 0.2) is 0 Å². The number of rotatable bonds is 10. The van der Waals surface area contributed by atoms with Crippen molar-refractivity contribution in [2.45, 2.75) is 162 Å². The third-order valence-electron chi connectivity index (χ3n) is 15.9. The Hall–Kier alpha value is -0.320. The molecule has 4 N–H and O–H groups in total. The molecule has 6 fully saturated rings. The molecular formula is C39H69NO7. The van der Waals surface area contributed by atoms with E-state index in [9.17, 15) is 20.4 Å². The third kappa shape index (κ3) is 5.61. The van der Waals surface area contributed by atoms with E-state index in [2.05, 4.69) is 39.5 Å². The minimum absolute atomic E-state index is 0.0134. The van der Waals surface area contributed by atoms with Gasteiger partial charge in [0.05, 0.1) is 36.1 Å². The fraction of sp³-hybridized carbons (Fsp3) is 1.00. The average Bonchev–Trinajstić information content (AvgIpc) is 3.58. The molecule has 0 bridgehead atoms. The summed E-state index contributed by atoms with van der Waals surface area (Å²) in [6.07, 6.45) is 7.94. The zero-order valence-electron chi connectivity index (χ0n) is 31.3. The SMILES string of the molecule is COC(C[C@@H](C)C1C[C@H](O)[C@@]2(C)C3CC[C@H]4C(C)(C)C(OC5CN(CC(C)(C)O)CCO5)CCC45CC35CCC12C)C(O)C(C)(C)O. The Labute approximate surface area is 285 Å². The Balaban J connectivity index is 1.18. The van der Waals surface area contributed by atoms with Gasteiger partial charge in [-0.25, -0.2) is 0 Å². The first kappa shape index (κ1) is 36.5. The molecule has 9 unspecified atom stereocenters. The van der Waals surface area contributed by atoms with Gasteiger partial charge in [-0.1, -0.05) is 34.6 Å². The molecule has 272 valence electrons. The number of ether oxygens (including phenoxy) is 3. The minimum atomic E-state index is -1.23. The van der Waals surface area contributed by atoms with Gasteiger partial charge in [-0.05, 0) is 131 Å². The molecule has 2 spiro atoms. The minimum Gasteiger partial charge on any atom is -0.393 e. The molecule has 0 amide bonds. The molecule has 8 heteroatoms. The van der Waals surface area contributed by atoms with Crippen LogP contribution in [-0.2, 0) is 14.2 Å². The highest BCUT2D eigenvalue weighted by atomic mass is 16.7. The highest BCUT2D eigenvalue weighted by molar-refractivity contribution is 5.31. The van der Waals surface area contributed by atoms with Crippen molar-refractivity contribution in [1.29, 1.82) is 0 Å². The van der Waals surface area contributed by atoms with E-state index in [4.69, 9.17) is 14.2 Å². The normalized spacial score (nSPS) is 46.9. The Kier molecular flexibility index (Phi) is 9.20. The van der Waals surface area contributed by atoms with Crippen LogP contribution in [-0.4, -0.2) is 101 Å². The maximum Gasteiger partial charge on any atom is 0.170 e. The summed E-state index contributed by atoms with van der Waals surface area (Å²) in [6.45, 7) is 21.9. The van der Waals surface area contributed by atoms with Gasteiger partial charge in [-0.2, -0.15) is 0 Å². The number of methoxy groups -OCH3 is 1. The third-order valence-corrected chi connectivity index (χ3v) is 15.9. The van der Waals surface area contributed by atoms with Crippen molar-refractivity contribution in [3.8, 4) is 0 Å². The summed E-state index contributed by atoms with van der Waals surface area (Å²) in [4.78, 5) is 2.28. The number of aliphatic hydroxyl groups excluding tert-OH is 2. The van der Waals surface area contributed by atoms with Crippen LogP contribution in [0.3, 0.4) is 0 Å². The summed E-state index contributed by atoms with van der Waals surface area (Å²) in [5.74, 6) is 1.71. The number of nitrogens with zero attached hydrogens (tertiary/aromatic N) is 1. The highest BCUT2D eigenvalue weighted by Gasteiger charge is 2.83. The fourth-order valence-electron chi connectivity index (χ4n) is 13.5. The number of morpholine rings is 1. The van der Waals surface area contributed by atoms with Crippen LogP contribution in [0.2, 0.25) is 0 Å². The molecule has 1 saturated heterocycles. The van der Waals surface area contributed by atoms with E-state index >= 15 is 0 Å². The van der Waals surface area contributed by atoms with Crippen LogP contribution in [0.25, 0.3) is 0 Å². The second kappa shape index (κ2) is 11.9. The van der Waals surface area contributed by atoms with Gasteiger partial charge in [-0.15, -0.1) is 0 Å². The molecule has 6 rings (SSSR count). The van der Waals surface area contributed by atoms with E-state index in [0.29, 0.717) is 54.7 Å². The number of aliphatic hydroxyl groups is 4. The Bertz CT molecular complexity index is 1150. The zero-order chi connectivity index (χ0) is 34.6. The van der Waals surface area contributed by atoms with Crippen molar-refractivity contribution in [3.63, 3.8) is 0 Å². The van der Waals surface area contributed by atoms with Crippen LogP contribution in [0.4, 0.5) is 0 Å². The van der Waals surface area contributed by atoms with E-state index < -0.39 is 23.4 Å². The Morgan fingerprint density at radius 3 is 2.26 bits per heavy atom. The van der Waals surface area contributed by atoms with Crippen LogP contribution >= 0.6 is 0 Å². The first-order chi connectivity index (χ1) is 21.7.